The summed E-state index contributed by atoms with van der Waals surface area (Å²) in [5.74, 6) is 1.78. The number of aliphatic hydroxyl groups excluding tert-OH is 1. The molecule has 6 heteroatoms. The summed E-state index contributed by atoms with van der Waals surface area (Å²) in [6, 6.07) is 25.0. The topological polar surface area (TPSA) is 55.2 Å². The molecule has 3 aliphatic heterocycles. The fourth-order valence-corrected chi connectivity index (χ4v) is 7.53. The van der Waals surface area contributed by atoms with Crippen LogP contribution >= 0.6 is 0 Å². The second-order valence-electron chi connectivity index (χ2n) is 11.4. The fourth-order valence-electron chi connectivity index (χ4n) is 7.53. The summed E-state index contributed by atoms with van der Waals surface area (Å²) in [5, 5.41) is 15.6. The fraction of sp³-hybridized carbons (Fsp3) is 0.294. The molecule has 3 aliphatic rings. The molecule has 1 N–H and O–H groups in total. The Labute approximate surface area is 241 Å². The number of aliphatic hydroxyl groups is 1. The van der Waals surface area contributed by atoms with Gasteiger partial charge in [0.2, 0.25) is 0 Å². The van der Waals surface area contributed by atoms with Crippen LogP contribution in [0.4, 0.5) is 0 Å². The van der Waals surface area contributed by atoms with Crippen molar-refractivity contribution in [2.24, 2.45) is 11.8 Å². The summed E-state index contributed by atoms with van der Waals surface area (Å²) in [7, 11) is 1.68. The third kappa shape index (κ3) is 4.24. The van der Waals surface area contributed by atoms with Gasteiger partial charge in [0.05, 0.1) is 36.7 Å². The van der Waals surface area contributed by atoms with Gasteiger partial charge in [-0.2, -0.15) is 0 Å². The summed E-state index contributed by atoms with van der Waals surface area (Å²) in [6.45, 7) is 7.12. The zero-order chi connectivity index (χ0) is 26.6. The van der Waals surface area contributed by atoms with E-state index < -0.39 is 6.10 Å². The van der Waals surface area contributed by atoms with Gasteiger partial charge in [0, 0.05) is 46.7 Å². The average Bonchev–Trinajstić information content (AvgIpc) is 3.00. The summed E-state index contributed by atoms with van der Waals surface area (Å²) in [5.41, 5.74) is 5.21. The van der Waals surface area contributed by atoms with Crippen LogP contribution in [-0.4, -0.2) is 45.8 Å². The molecule has 40 heavy (non-hydrogen) atoms. The van der Waals surface area contributed by atoms with Crippen molar-refractivity contribution in [1.29, 1.82) is 0 Å². The molecular formula is C34H34ClN3O2. The maximum atomic E-state index is 12.2. The third-order valence-electron chi connectivity index (χ3n) is 9.51. The number of piperidine rings is 3. The lowest BCUT2D eigenvalue weighted by molar-refractivity contribution is -0.984. The standard InChI is InChI=1S/C34H34N3O2.ClH/c1-3-22-20-37(21-29-25-8-4-6-10-31(25)36-32-11-7-5-9-26(29)32)17-15-23(22)18-33(37)34(38)27-14-16-35-30-13-12-24(39-2)19-28(27)30;/h3-14,16,19,22-23,33-34,38H,1,15,17-18,20-21H2,2H3;1H/q+1;/p-1/t22?,23?,33-,34?,37?;/m0./s1. The number of ether oxygens (including phenoxy) is 1. The highest BCUT2D eigenvalue weighted by atomic mass is 35.5. The van der Waals surface area contributed by atoms with E-state index in [0.717, 1.165) is 70.2 Å². The number of pyridine rings is 2. The molecule has 8 rings (SSSR count). The van der Waals surface area contributed by atoms with Gasteiger partial charge in [0.1, 0.15) is 24.4 Å². The molecule has 5 atom stereocenters. The van der Waals surface area contributed by atoms with Crippen molar-refractivity contribution in [1.82, 2.24) is 9.97 Å². The largest absolute Gasteiger partial charge is 1.00 e. The lowest BCUT2D eigenvalue weighted by Gasteiger charge is -2.58. The van der Waals surface area contributed by atoms with E-state index in [4.69, 9.17) is 9.72 Å². The highest BCUT2D eigenvalue weighted by Gasteiger charge is 2.54. The van der Waals surface area contributed by atoms with E-state index in [9.17, 15) is 5.11 Å². The first-order valence-electron chi connectivity index (χ1n) is 14.0. The summed E-state index contributed by atoms with van der Waals surface area (Å²) in [4.78, 5) is 9.56. The van der Waals surface area contributed by atoms with Crippen LogP contribution in [0.5, 0.6) is 5.75 Å². The zero-order valence-corrected chi connectivity index (χ0v) is 23.5. The van der Waals surface area contributed by atoms with E-state index in [1.807, 2.05) is 30.5 Å². The van der Waals surface area contributed by atoms with Crippen LogP contribution in [0, 0.1) is 11.8 Å². The van der Waals surface area contributed by atoms with Gasteiger partial charge in [-0.15, -0.1) is 6.58 Å². The molecule has 2 aromatic heterocycles. The second kappa shape index (κ2) is 10.5. The average molecular weight is 552 g/mol. The molecular weight excluding hydrogens is 518 g/mol. The second-order valence-corrected chi connectivity index (χ2v) is 11.4. The van der Waals surface area contributed by atoms with Gasteiger partial charge in [0.15, 0.2) is 0 Å². The monoisotopic (exact) mass is 551 g/mol. The zero-order valence-electron chi connectivity index (χ0n) is 22.7. The lowest BCUT2D eigenvalue weighted by Crippen LogP contribution is -3.00. The number of benzene rings is 3. The number of hydrogen-bond donors (Lipinski definition) is 1. The van der Waals surface area contributed by atoms with Gasteiger partial charge in [-0.1, -0.05) is 42.5 Å². The molecule has 2 bridgehead atoms. The minimum atomic E-state index is -0.615. The number of hydrogen-bond acceptors (Lipinski definition) is 4. The number of quaternary nitrogens is 1. The summed E-state index contributed by atoms with van der Waals surface area (Å²) >= 11 is 0. The van der Waals surface area contributed by atoms with Crippen molar-refractivity contribution in [3.05, 3.63) is 103 Å². The Kier molecular flexibility index (Phi) is 6.99. The Bertz CT molecular complexity index is 1670. The number of nitrogens with zero attached hydrogens (tertiary/aromatic N) is 3. The van der Waals surface area contributed by atoms with E-state index in [-0.39, 0.29) is 18.4 Å². The van der Waals surface area contributed by atoms with E-state index in [0.29, 0.717) is 11.8 Å². The highest BCUT2D eigenvalue weighted by Crippen LogP contribution is 2.49. The first-order valence-corrected chi connectivity index (χ1v) is 14.0. The third-order valence-corrected chi connectivity index (χ3v) is 9.51. The van der Waals surface area contributed by atoms with Crippen molar-refractivity contribution < 1.29 is 26.7 Å². The smallest absolute Gasteiger partial charge is 0.131 e. The predicted molar refractivity (Wildman–Crippen MR) is 156 cm³/mol. The SMILES string of the molecule is C=CC1C[N+]2(Cc3c4ccccc4nc4ccccc34)CCC1C[C@H]2C(O)c1ccnc2ccc(OC)cc12.[Cl-]. The quantitative estimate of drug-likeness (QED) is 0.199. The first kappa shape index (κ1) is 26.7. The molecule has 204 valence electrons. The number of halogens is 1. The number of methoxy groups -OCH3 is 1. The Morgan fingerprint density at radius 3 is 2.42 bits per heavy atom. The Morgan fingerprint density at radius 2 is 1.73 bits per heavy atom. The maximum Gasteiger partial charge on any atom is 0.131 e. The van der Waals surface area contributed by atoms with Crippen molar-refractivity contribution in [3.63, 3.8) is 0 Å². The molecule has 0 saturated carbocycles. The van der Waals surface area contributed by atoms with Gasteiger partial charge in [-0.3, -0.25) is 4.98 Å². The predicted octanol–water partition coefficient (Wildman–Crippen LogP) is 3.59. The van der Waals surface area contributed by atoms with Crippen LogP contribution in [0.3, 0.4) is 0 Å². The Balaban J connectivity index is 0.00000289. The Hall–Kier alpha value is -3.51. The molecule has 3 fully saturated rings. The molecule has 0 aliphatic carbocycles. The molecule has 0 amide bonds. The van der Waals surface area contributed by atoms with Crippen molar-refractivity contribution in [2.75, 3.05) is 20.2 Å². The molecule has 0 spiro atoms. The molecule has 5 nitrogen and oxygen atoms in total. The highest BCUT2D eigenvalue weighted by molar-refractivity contribution is 5.97. The van der Waals surface area contributed by atoms with Crippen LogP contribution in [0.25, 0.3) is 32.7 Å². The van der Waals surface area contributed by atoms with Crippen molar-refractivity contribution in [3.8, 4) is 5.75 Å². The van der Waals surface area contributed by atoms with Gasteiger partial charge >= 0.3 is 0 Å². The molecule has 3 aromatic carbocycles. The van der Waals surface area contributed by atoms with Gasteiger partial charge in [-0.05, 0) is 47.9 Å². The van der Waals surface area contributed by atoms with E-state index in [2.05, 4.69) is 66.2 Å². The van der Waals surface area contributed by atoms with Crippen LogP contribution in [0.1, 0.15) is 30.1 Å². The summed E-state index contributed by atoms with van der Waals surface area (Å²) in [6.07, 6.45) is 5.51. The number of aromatic nitrogens is 2. The van der Waals surface area contributed by atoms with Gasteiger partial charge < -0.3 is 26.7 Å². The van der Waals surface area contributed by atoms with E-state index >= 15 is 0 Å². The number of para-hydroxylation sites is 2. The van der Waals surface area contributed by atoms with Crippen LogP contribution in [0.2, 0.25) is 0 Å². The number of fused-ring (bicyclic) bond motifs is 6. The van der Waals surface area contributed by atoms with Crippen LogP contribution < -0.4 is 17.1 Å². The molecule has 3 saturated heterocycles. The summed E-state index contributed by atoms with van der Waals surface area (Å²) < 4.78 is 6.38. The van der Waals surface area contributed by atoms with Gasteiger partial charge in [0.25, 0.3) is 0 Å². The first-order chi connectivity index (χ1) is 19.1. The van der Waals surface area contributed by atoms with E-state index in [1.54, 1.807) is 7.11 Å². The maximum absolute atomic E-state index is 12.2. The van der Waals surface area contributed by atoms with Crippen LogP contribution in [0.15, 0.2) is 91.6 Å². The van der Waals surface area contributed by atoms with Crippen LogP contribution in [-0.2, 0) is 6.54 Å². The number of rotatable bonds is 6. The molecule has 0 radical (unpaired) electrons. The molecule has 5 heterocycles. The lowest BCUT2D eigenvalue weighted by atomic mass is 9.71. The molecule has 4 unspecified atom stereocenters. The van der Waals surface area contributed by atoms with Gasteiger partial charge in [-0.25, -0.2) is 4.98 Å². The normalized spacial score (nSPS) is 24.6. The Morgan fingerprint density at radius 1 is 1.00 bits per heavy atom. The van der Waals surface area contributed by atoms with Crippen molar-refractivity contribution in [2.45, 2.75) is 31.5 Å². The minimum absolute atomic E-state index is 0. The molecule has 5 aromatic rings. The minimum Gasteiger partial charge on any atom is -1.00 e. The van der Waals surface area contributed by atoms with Crippen molar-refractivity contribution >= 4 is 32.7 Å². The van der Waals surface area contributed by atoms with E-state index in [1.165, 1.54) is 16.3 Å².